The number of amides is 1. The highest BCUT2D eigenvalue weighted by molar-refractivity contribution is 5.77. The van der Waals surface area contributed by atoms with E-state index in [4.69, 9.17) is 9.84 Å². The lowest BCUT2D eigenvalue weighted by Gasteiger charge is -2.09. The van der Waals surface area contributed by atoms with Crippen LogP contribution in [0.1, 0.15) is 11.3 Å². The quantitative estimate of drug-likeness (QED) is 0.767. The van der Waals surface area contributed by atoms with Crippen LogP contribution in [0.4, 0.5) is 13.2 Å². The van der Waals surface area contributed by atoms with Gasteiger partial charge >= 0.3 is 12.1 Å². The first-order valence-corrected chi connectivity index (χ1v) is 6.91. The van der Waals surface area contributed by atoms with Crippen molar-refractivity contribution in [2.24, 2.45) is 0 Å². The van der Waals surface area contributed by atoms with Crippen LogP contribution in [0.25, 0.3) is 0 Å². The Morgan fingerprint density at radius 1 is 1.24 bits per heavy atom. The summed E-state index contributed by atoms with van der Waals surface area (Å²) in [6, 6.07) is 3.95. The Morgan fingerprint density at radius 3 is 2.52 bits per heavy atom. The number of hydrogen-bond donors (Lipinski definition) is 2. The minimum absolute atomic E-state index is 0.00875. The van der Waals surface area contributed by atoms with Gasteiger partial charge in [-0.25, -0.2) is 4.68 Å². The van der Waals surface area contributed by atoms with E-state index in [-0.39, 0.29) is 18.8 Å². The number of carbonyl (C=O) groups is 2. The van der Waals surface area contributed by atoms with Crippen molar-refractivity contribution in [3.63, 3.8) is 0 Å². The fraction of sp³-hybridized carbons (Fsp3) is 0.286. The van der Waals surface area contributed by atoms with Crippen LogP contribution in [0.3, 0.4) is 0 Å². The average molecular weight is 358 g/mol. The Balaban J connectivity index is 1.77. The zero-order valence-corrected chi connectivity index (χ0v) is 12.7. The molecule has 0 saturated carbocycles. The molecular weight excluding hydrogens is 345 g/mol. The predicted octanol–water partition coefficient (Wildman–Crippen LogP) is 1.08. The summed E-state index contributed by atoms with van der Waals surface area (Å²) in [5.74, 6) is -1.48. The molecule has 11 heteroatoms. The molecule has 2 rings (SSSR count). The van der Waals surface area contributed by atoms with Gasteiger partial charge in [0.1, 0.15) is 18.0 Å². The molecule has 0 fully saturated rings. The van der Waals surface area contributed by atoms with Crippen molar-refractivity contribution in [3.05, 3.63) is 41.7 Å². The summed E-state index contributed by atoms with van der Waals surface area (Å²) >= 11 is 0. The number of rotatable bonds is 7. The van der Waals surface area contributed by atoms with Gasteiger partial charge in [-0.3, -0.25) is 9.59 Å². The van der Waals surface area contributed by atoms with Crippen LogP contribution >= 0.6 is 0 Å². The summed E-state index contributed by atoms with van der Waals surface area (Å²) in [7, 11) is 0. The molecule has 0 aliphatic carbocycles. The molecule has 0 unspecified atom stereocenters. The number of carbonyl (C=O) groups excluding carboxylic acids is 1. The number of nitrogens with zero attached hydrogens (tertiary/aromatic N) is 3. The SMILES string of the molecule is O=C(O)Cn1cc(CNC(=O)COc2ccc(C(F)(F)F)cc2)nn1. The van der Waals surface area contributed by atoms with E-state index in [1.807, 2.05) is 0 Å². The molecule has 0 aliphatic rings. The fourth-order valence-electron chi connectivity index (χ4n) is 1.76. The lowest BCUT2D eigenvalue weighted by Crippen LogP contribution is -2.28. The van der Waals surface area contributed by atoms with Crippen molar-refractivity contribution in [1.82, 2.24) is 20.3 Å². The van der Waals surface area contributed by atoms with Crippen molar-refractivity contribution in [2.75, 3.05) is 6.61 Å². The van der Waals surface area contributed by atoms with Crippen molar-refractivity contribution in [2.45, 2.75) is 19.3 Å². The van der Waals surface area contributed by atoms with E-state index in [0.717, 1.165) is 28.9 Å². The van der Waals surface area contributed by atoms with E-state index < -0.39 is 30.2 Å². The molecule has 1 amide bonds. The van der Waals surface area contributed by atoms with E-state index in [9.17, 15) is 22.8 Å². The first kappa shape index (κ1) is 18.2. The largest absolute Gasteiger partial charge is 0.484 e. The number of carboxylic acid groups (broad SMARTS) is 1. The van der Waals surface area contributed by atoms with Crippen LogP contribution in [-0.4, -0.2) is 38.6 Å². The van der Waals surface area contributed by atoms with Crippen molar-refractivity contribution >= 4 is 11.9 Å². The topological polar surface area (TPSA) is 106 Å². The molecule has 8 nitrogen and oxygen atoms in total. The van der Waals surface area contributed by atoms with E-state index >= 15 is 0 Å². The lowest BCUT2D eigenvalue weighted by atomic mass is 10.2. The number of alkyl halides is 3. The van der Waals surface area contributed by atoms with Gasteiger partial charge in [-0.2, -0.15) is 13.2 Å². The van der Waals surface area contributed by atoms with Crippen LogP contribution in [0.5, 0.6) is 5.75 Å². The molecule has 25 heavy (non-hydrogen) atoms. The third kappa shape index (κ3) is 5.79. The van der Waals surface area contributed by atoms with Gasteiger partial charge in [0.05, 0.1) is 18.3 Å². The molecule has 1 aromatic carbocycles. The average Bonchev–Trinajstić information content (AvgIpc) is 2.97. The third-order valence-electron chi connectivity index (χ3n) is 2.90. The molecule has 0 radical (unpaired) electrons. The number of halogens is 3. The molecular formula is C14H13F3N4O4. The molecule has 0 atom stereocenters. The zero-order chi connectivity index (χ0) is 18.4. The minimum Gasteiger partial charge on any atom is -0.484 e. The number of ether oxygens (including phenoxy) is 1. The number of aromatic nitrogens is 3. The van der Waals surface area contributed by atoms with E-state index in [1.54, 1.807) is 0 Å². The number of nitrogens with one attached hydrogen (secondary N) is 1. The Bertz CT molecular complexity index is 743. The second-order valence-corrected chi connectivity index (χ2v) is 4.89. The van der Waals surface area contributed by atoms with Crippen LogP contribution in [0.15, 0.2) is 30.5 Å². The standard InChI is InChI=1S/C14H13F3N4O4/c15-14(16,17)9-1-3-11(4-2-9)25-8-12(22)18-5-10-6-21(20-19-10)7-13(23)24/h1-4,6H,5,7-8H2,(H,18,22)(H,23,24). The van der Waals surface area contributed by atoms with Crippen LogP contribution < -0.4 is 10.1 Å². The molecule has 1 aromatic heterocycles. The molecule has 0 bridgehead atoms. The molecule has 134 valence electrons. The van der Waals surface area contributed by atoms with Crippen LogP contribution in [0, 0.1) is 0 Å². The highest BCUT2D eigenvalue weighted by atomic mass is 19.4. The van der Waals surface area contributed by atoms with Gasteiger partial charge < -0.3 is 15.2 Å². The summed E-state index contributed by atoms with van der Waals surface area (Å²) in [6.45, 7) is -0.735. The van der Waals surface area contributed by atoms with Crippen molar-refractivity contribution < 1.29 is 32.6 Å². The first-order chi connectivity index (χ1) is 11.7. The predicted molar refractivity (Wildman–Crippen MR) is 76.4 cm³/mol. The summed E-state index contributed by atoms with van der Waals surface area (Å²) in [6.07, 6.45) is -3.07. The summed E-state index contributed by atoms with van der Waals surface area (Å²) in [5.41, 5.74) is -0.460. The molecule has 2 aromatic rings. The number of hydrogen-bond acceptors (Lipinski definition) is 5. The summed E-state index contributed by atoms with van der Waals surface area (Å²) < 4.78 is 43.4. The van der Waals surface area contributed by atoms with Crippen molar-refractivity contribution in [3.8, 4) is 5.75 Å². The molecule has 2 N–H and O–H groups in total. The second-order valence-electron chi connectivity index (χ2n) is 4.89. The van der Waals surface area contributed by atoms with Crippen LogP contribution in [-0.2, 0) is 28.9 Å². The van der Waals surface area contributed by atoms with Gasteiger partial charge in [-0.05, 0) is 24.3 Å². The molecule has 0 spiro atoms. The molecule has 0 aliphatic heterocycles. The second kappa shape index (κ2) is 7.64. The van der Waals surface area contributed by atoms with Gasteiger partial charge in [-0.1, -0.05) is 5.21 Å². The summed E-state index contributed by atoms with van der Waals surface area (Å²) in [5, 5.41) is 18.3. The van der Waals surface area contributed by atoms with Gasteiger partial charge in [0, 0.05) is 0 Å². The Morgan fingerprint density at radius 2 is 1.92 bits per heavy atom. The highest BCUT2D eigenvalue weighted by Crippen LogP contribution is 2.30. The lowest BCUT2D eigenvalue weighted by molar-refractivity contribution is -0.138. The smallest absolute Gasteiger partial charge is 0.416 e. The van der Waals surface area contributed by atoms with E-state index in [0.29, 0.717) is 5.69 Å². The maximum atomic E-state index is 12.4. The number of carboxylic acids is 1. The summed E-state index contributed by atoms with van der Waals surface area (Å²) in [4.78, 5) is 22.1. The fourth-order valence-corrected chi connectivity index (χ4v) is 1.76. The maximum absolute atomic E-state index is 12.4. The maximum Gasteiger partial charge on any atom is 0.416 e. The van der Waals surface area contributed by atoms with Gasteiger partial charge in [0.15, 0.2) is 6.61 Å². The number of aliphatic carboxylic acids is 1. The van der Waals surface area contributed by atoms with Crippen LogP contribution in [0.2, 0.25) is 0 Å². The van der Waals surface area contributed by atoms with Gasteiger partial charge in [-0.15, -0.1) is 5.10 Å². The molecule has 1 heterocycles. The minimum atomic E-state index is -4.44. The Hall–Kier alpha value is -3.11. The number of benzene rings is 1. The zero-order valence-electron chi connectivity index (χ0n) is 12.7. The molecule has 0 saturated heterocycles. The van der Waals surface area contributed by atoms with Gasteiger partial charge in [0.25, 0.3) is 5.91 Å². The van der Waals surface area contributed by atoms with Gasteiger partial charge in [0.2, 0.25) is 0 Å². The normalized spacial score (nSPS) is 11.2. The Kier molecular flexibility index (Phi) is 5.57. The van der Waals surface area contributed by atoms with Crippen molar-refractivity contribution in [1.29, 1.82) is 0 Å². The van der Waals surface area contributed by atoms with E-state index in [2.05, 4.69) is 15.6 Å². The first-order valence-electron chi connectivity index (χ1n) is 6.91. The third-order valence-corrected chi connectivity index (χ3v) is 2.90. The highest BCUT2D eigenvalue weighted by Gasteiger charge is 2.30. The monoisotopic (exact) mass is 358 g/mol. The Labute approximate surface area is 139 Å². The van der Waals surface area contributed by atoms with E-state index in [1.165, 1.54) is 6.20 Å².